The second kappa shape index (κ2) is 6.99. The highest BCUT2D eigenvalue weighted by atomic mass is 79.9. The molecule has 1 unspecified atom stereocenters. The molecule has 1 amide bonds. The topological polar surface area (TPSA) is 38.3 Å². The van der Waals surface area contributed by atoms with Gasteiger partial charge in [0.25, 0.3) is 5.91 Å². The summed E-state index contributed by atoms with van der Waals surface area (Å²) in [6.07, 6.45) is 0. The summed E-state index contributed by atoms with van der Waals surface area (Å²) in [7, 11) is 1.58. The van der Waals surface area contributed by atoms with Crippen molar-refractivity contribution in [2.75, 3.05) is 20.3 Å². The number of hydrogen-bond acceptors (Lipinski definition) is 2. The third-order valence-corrected chi connectivity index (χ3v) is 3.14. The maximum Gasteiger partial charge on any atom is 0.252 e. The molecule has 1 aromatic rings. The van der Waals surface area contributed by atoms with Gasteiger partial charge in [0.15, 0.2) is 0 Å². The van der Waals surface area contributed by atoms with Gasteiger partial charge < -0.3 is 10.1 Å². The quantitative estimate of drug-likeness (QED) is 0.847. The van der Waals surface area contributed by atoms with Crippen LogP contribution in [0.2, 0.25) is 0 Å². The van der Waals surface area contributed by atoms with Crippen LogP contribution >= 0.6 is 27.5 Å². The monoisotopic (exact) mass is 319 g/mol. The van der Waals surface area contributed by atoms with Crippen LogP contribution < -0.4 is 5.32 Å². The first-order valence-electron chi connectivity index (χ1n) is 5.22. The first-order chi connectivity index (χ1) is 8.04. The summed E-state index contributed by atoms with van der Waals surface area (Å²) in [4.78, 5) is 11.8. The SMILES string of the molecule is COCC(Cl)CNC(=O)c1ccc(C)cc1Br. The van der Waals surface area contributed by atoms with E-state index in [0.717, 1.165) is 10.0 Å². The van der Waals surface area contributed by atoms with Crippen molar-refractivity contribution in [2.45, 2.75) is 12.3 Å². The van der Waals surface area contributed by atoms with E-state index < -0.39 is 0 Å². The maximum absolute atomic E-state index is 11.8. The van der Waals surface area contributed by atoms with Crippen LogP contribution in [-0.4, -0.2) is 31.5 Å². The summed E-state index contributed by atoms with van der Waals surface area (Å²) in [6.45, 7) is 2.77. The fourth-order valence-electron chi connectivity index (χ4n) is 1.34. The molecule has 0 heterocycles. The van der Waals surface area contributed by atoms with E-state index in [1.54, 1.807) is 13.2 Å². The number of aryl methyl sites for hydroxylation is 1. The Bertz CT molecular complexity index is 398. The molecule has 1 aromatic carbocycles. The first kappa shape index (κ1) is 14.5. The van der Waals surface area contributed by atoms with Crippen molar-refractivity contribution in [2.24, 2.45) is 0 Å². The Kier molecular flexibility index (Phi) is 5.95. The number of benzene rings is 1. The largest absolute Gasteiger partial charge is 0.383 e. The maximum atomic E-state index is 11.8. The van der Waals surface area contributed by atoms with Crippen molar-refractivity contribution < 1.29 is 9.53 Å². The van der Waals surface area contributed by atoms with Crippen molar-refractivity contribution in [3.05, 3.63) is 33.8 Å². The molecule has 0 aliphatic heterocycles. The Labute approximate surface area is 115 Å². The van der Waals surface area contributed by atoms with Gasteiger partial charge in [-0.3, -0.25) is 4.79 Å². The molecule has 0 saturated carbocycles. The van der Waals surface area contributed by atoms with E-state index in [-0.39, 0.29) is 11.3 Å². The lowest BCUT2D eigenvalue weighted by Crippen LogP contribution is -2.31. The van der Waals surface area contributed by atoms with Gasteiger partial charge in [0.2, 0.25) is 0 Å². The van der Waals surface area contributed by atoms with E-state index in [0.29, 0.717) is 18.7 Å². The molecular weight excluding hydrogens is 305 g/mol. The van der Waals surface area contributed by atoms with Crippen molar-refractivity contribution >= 4 is 33.4 Å². The minimum atomic E-state index is -0.215. The second-order valence-corrected chi connectivity index (χ2v) is 5.22. The third-order valence-electron chi connectivity index (χ3n) is 2.20. The number of methoxy groups -OCH3 is 1. The second-order valence-electron chi connectivity index (χ2n) is 3.75. The van der Waals surface area contributed by atoms with Crippen LogP contribution in [0.3, 0.4) is 0 Å². The van der Waals surface area contributed by atoms with Crippen LogP contribution in [0, 0.1) is 6.92 Å². The molecule has 0 spiro atoms. The van der Waals surface area contributed by atoms with Gasteiger partial charge in [0, 0.05) is 18.1 Å². The number of carbonyl (C=O) groups excluding carboxylic acids is 1. The molecule has 0 aromatic heterocycles. The summed E-state index contributed by atoms with van der Waals surface area (Å²) in [6, 6.07) is 5.59. The molecule has 1 atom stereocenters. The van der Waals surface area contributed by atoms with Crippen LogP contribution in [0.5, 0.6) is 0 Å². The van der Waals surface area contributed by atoms with E-state index in [4.69, 9.17) is 16.3 Å². The van der Waals surface area contributed by atoms with Crippen molar-refractivity contribution in [3.8, 4) is 0 Å². The number of hydrogen-bond donors (Lipinski definition) is 1. The van der Waals surface area contributed by atoms with Crippen molar-refractivity contribution in [1.29, 1.82) is 0 Å². The zero-order valence-electron chi connectivity index (χ0n) is 9.80. The third kappa shape index (κ3) is 4.66. The fourth-order valence-corrected chi connectivity index (χ4v) is 2.22. The Morgan fingerprint density at radius 3 is 2.88 bits per heavy atom. The van der Waals surface area contributed by atoms with E-state index in [1.807, 2.05) is 19.1 Å². The Balaban J connectivity index is 2.58. The van der Waals surface area contributed by atoms with Crippen molar-refractivity contribution in [3.63, 3.8) is 0 Å². The van der Waals surface area contributed by atoms with Gasteiger partial charge in [-0.2, -0.15) is 0 Å². The smallest absolute Gasteiger partial charge is 0.252 e. The highest BCUT2D eigenvalue weighted by Gasteiger charge is 2.11. The van der Waals surface area contributed by atoms with E-state index >= 15 is 0 Å². The molecule has 1 rings (SSSR count). The van der Waals surface area contributed by atoms with Gasteiger partial charge in [-0.05, 0) is 40.5 Å². The highest BCUT2D eigenvalue weighted by Crippen LogP contribution is 2.18. The van der Waals surface area contributed by atoms with Crippen LogP contribution in [0.25, 0.3) is 0 Å². The van der Waals surface area contributed by atoms with Crippen LogP contribution in [0.15, 0.2) is 22.7 Å². The first-order valence-corrected chi connectivity index (χ1v) is 6.45. The summed E-state index contributed by atoms with van der Waals surface area (Å²) < 4.78 is 5.67. The minimum absolute atomic E-state index is 0.140. The molecule has 0 bridgehead atoms. The predicted molar refractivity (Wildman–Crippen MR) is 72.7 cm³/mol. The number of alkyl halides is 1. The molecule has 94 valence electrons. The predicted octanol–water partition coefficient (Wildman–Crippen LogP) is 2.74. The molecule has 0 aliphatic carbocycles. The van der Waals surface area contributed by atoms with Gasteiger partial charge in [0.05, 0.1) is 17.5 Å². The summed E-state index contributed by atoms with van der Waals surface area (Å²) in [5.74, 6) is -0.140. The number of nitrogens with one attached hydrogen (secondary N) is 1. The normalized spacial score (nSPS) is 12.2. The molecule has 5 heteroatoms. The zero-order chi connectivity index (χ0) is 12.8. The molecule has 17 heavy (non-hydrogen) atoms. The molecule has 0 saturated heterocycles. The number of rotatable bonds is 5. The van der Waals surface area contributed by atoms with Gasteiger partial charge >= 0.3 is 0 Å². The average molecular weight is 321 g/mol. The van der Waals surface area contributed by atoms with E-state index in [1.165, 1.54) is 0 Å². The minimum Gasteiger partial charge on any atom is -0.383 e. The Morgan fingerprint density at radius 2 is 2.29 bits per heavy atom. The summed E-state index contributed by atoms with van der Waals surface area (Å²) >= 11 is 9.29. The Hall–Kier alpha value is -0.580. The molecule has 3 nitrogen and oxygen atoms in total. The summed E-state index contributed by atoms with van der Waals surface area (Å²) in [5.41, 5.74) is 1.71. The lowest BCUT2D eigenvalue weighted by atomic mass is 10.1. The van der Waals surface area contributed by atoms with Gasteiger partial charge in [0.1, 0.15) is 0 Å². The molecular formula is C12H15BrClNO2. The number of halogens is 2. The standard InChI is InChI=1S/C12H15BrClNO2/c1-8-3-4-10(11(13)5-8)12(16)15-6-9(14)7-17-2/h3-5,9H,6-7H2,1-2H3,(H,15,16). The van der Waals surface area contributed by atoms with Crippen LogP contribution in [-0.2, 0) is 4.74 Å². The van der Waals surface area contributed by atoms with Gasteiger partial charge in [-0.1, -0.05) is 6.07 Å². The molecule has 0 aliphatic rings. The lowest BCUT2D eigenvalue weighted by molar-refractivity contribution is 0.0948. The molecule has 0 radical (unpaired) electrons. The Morgan fingerprint density at radius 1 is 1.59 bits per heavy atom. The fraction of sp³-hybridized carbons (Fsp3) is 0.417. The number of ether oxygens (including phenoxy) is 1. The van der Waals surface area contributed by atoms with Crippen LogP contribution in [0.4, 0.5) is 0 Å². The van der Waals surface area contributed by atoms with E-state index in [2.05, 4.69) is 21.2 Å². The number of carbonyl (C=O) groups is 1. The summed E-state index contributed by atoms with van der Waals surface area (Å²) in [5, 5.41) is 2.55. The average Bonchev–Trinajstić information content (AvgIpc) is 2.26. The molecule has 0 fully saturated rings. The number of amides is 1. The van der Waals surface area contributed by atoms with Gasteiger partial charge in [-0.15, -0.1) is 11.6 Å². The lowest BCUT2D eigenvalue weighted by Gasteiger charge is -2.11. The van der Waals surface area contributed by atoms with E-state index in [9.17, 15) is 4.79 Å². The molecule has 1 N–H and O–H groups in total. The van der Waals surface area contributed by atoms with Crippen molar-refractivity contribution in [1.82, 2.24) is 5.32 Å². The zero-order valence-corrected chi connectivity index (χ0v) is 12.1. The van der Waals surface area contributed by atoms with Crippen LogP contribution in [0.1, 0.15) is 15.9 Å². The highest BCUT2D eigenvalue weighted by molar-refractivity contribution is 9.10. The van der Waals surface area contributed by atoms with Gasteiger partial charge in [-0.25, -0.2) is 0 Å².